The Morgan fingerprint density at radius 1 is 0.923 bits per heavy atom. The van der Waals surface area contributed by atoms with Gasteiger partial charge in [0.1, 0.15) is 0 Å². The van der Waals surface area contributed by atoms with Gasteiger partial charge in [0.05, 0.1) is 18.1 Å². The molecule has 2 heterocycles. The maximum atomic E-state index is 13.3. The van der Waals surface area contributed by atoms with E-state index in [0.29, 0.717) is 35.8 Å². The predicted octanol–water partition coefficient (Wildman–Crippen LogP) is 3.37. The first-order chi connectivity index (χ1) is 18.9. The summed E-state index contributed by atoms with van der Waals surface area (Å²) in [5.74, 6) is -0.172. The first-order valence-electron chi connectivity index (χ1n) is 12.2. The molecule has 1 fully saturated rings. The van der Waals surface area contributed by atoms with Gasteiger partial charge in [-0.2, -0.15) is 4.31 Å². The smallest absolute Gasteiger partial charge is 0.331 e. The summed E-state index contributed by atoms with van der Waals surface area (Å²) in [5.41, 5.74) is 1.40. The fourth-order valence-corrected chi connectivity index (χ4v) is 5.57. The summed E-state index contributed by atoms with van der Waals surface area (Å²) in [6.45, 7) is 1.29. The summed E-state index contributed by atoms with van der Waals surface area (Å²) in [6.07, 6.45) is 1.49. The van der Waals surface area contributed by atoms with E-state index in [2.05, 4.69) is 5.32 Å². The summed E-state index contributed by atoms with van der Waals surface area (Å²) in [7, 11) is -3.76. The Kier molecular flexibility index (Phi) is 7.92. The highest BCUT2D eigenvalue weighted by molar-refractivity contribution is 7.89. The van der Waals surface area contributed by atoms with Gasteiger partial charge < -0.3 is 24.3 Å². The zero-order valence-corrected chi connectivity index (χ0v) is 21.6. The molecule has 3 aromatic carbocycles. The molecular weight excluding hydrogens is 524 g/mol. The van der Waals surface area contributed by atoms with Crippen LogP contribution in [0.15, 0.2) is 83.8 Å². The number of nitrogens with zero attached hydrogens (tertiary/aromatic N) is 1. The third-order valence-electron chi connectivity index (χ3n) is 6.09. The van der Waals surface area contributed by atoms with Crippen LogP contribution in [0.4, 0.5) is 5.69 Å². The second kappa shape index (κ2) is 11.7. The van der Waals surface area contributed by atoms with Gasteiger partial charge in [0.2, 0.25) is 22.9 Å². The molecule has 202 valence electrons. The number of rotatable bonds is 8. The van der Waals surface area contributed by atoms with Crippen LogP contribution in [0.1, 0.15) is 17.2 Å². The minimum atomic E-state index is -3.76. The van der Waals surface area contributed by atoms with Gasteiger partial charge in [-0.15, -0.1) is 0 Å². The first kappa shape index (κ1) is 26.4. The average Bonchev–Trinajstić information content (AvgIpc) is 3.44. The van der Waals surface area contributed by atoms with Gasteiger partial charge in [-0.05, 0) is 42.0 Å². The minimum absolute atomic E-state index is 0.0436. The monoisotopic (exact) mass is 550 g/mol. The Bertz CT molecular complexity index is 1480. The van der Waals surface area contributed by atoms with Gasteiger partial charge in [0.15, 0.2) is 11.5 Å². The average molecular weight is 551 g/mol. The topological polar surface area (TPSA) is 120 Å². The van der Waals surface area contributed by atoms with Crippen LogP contribution in [-0.4, -0.2) is 57.7 Å². The molecule has 0 radical (unpaired) electrons. The minimum Gasteiger partial charge on any atom is -0.454 e. The molecule has 1 saturated heterocycles. The van der Waals surface area contributed by atoms with E-state index in [0.717, 1.165) is 0 Å². The van der Waals surface area contributed by atoms with Crippen molar-refractivity contribution in [3.8, 4) is 11.5 Å². The van der Waals surface area contributed by atoms with Crippen molar-refractivity contribution in [2.45, 2.75) is 11.0 Å². The third-order valence-corrected chi connectivity index (χ3v) is 7.99. The molecule has 0 bridgehead atoms. The van der Waals surface area contributed by atoms with E-state index in [1.807, 2.05) is 0 Å². The summed E-state index contributed by atoms with van der Waals surface area (Å²) in [6, 6.07) is 19.7. The van der Waals surface area contributed by atoms with Gasteiger partial charge in [-0.25, -0.2) is 13.2 Å². The number of morpholine rings is 1. The highest BCUT2D eigenvalue weighted by Gasteiger charge is 2.28. The van der Waals surface area contributed by atoms with Crippen molar-refractivity contribution >= 4 is 33.7 Å². The molecule has 1 N–H and O–H groups in total. The Morgan fingerprint density at radius 3 is 2.49 bits per heavy atom. The van der Waals surface area contributed by atoms with Crippen LogP contribution in [0.5, 0.6) is 11.5 Å². The van der Waals surface area contributed by atoms with E-state index in [9.17, 15) is 18.0 Å². The quantitative estimate of drug-likeness (QED) is 0.335. The van der Waals surface area contributed by atoms with E-state index < -0.39 is 28.0 Å². The van der Waals surface area contributed by atoms with E-state index in [1.54, 1.807) is 66.7 Å². The molecule has 2 aliphatic rings. The van der Waals surface area contributed by atoms with Gasteiger partial charge in [0.25, 0.3) is 5.91 Å². The summed E-state index contributed by atoms with van der Waals surface area (Å²) in [4.78, 5) is 26.0. The zero-order valence-electron chi connectivity index (χ0n) is 20.8. The summed E-state index contributed by atoms with van der Waals surface area (Å²) in [5, 5.41) is 2.68. The van der Waals surface area contributed by atoms with Crippen LogP contribution in [0.2, 0.25) is 0 Å². The maximum Gasteiger partial charge on any atom is 0.331 e. The molecule has 39 heavy (non-hydrogen) atoms. The van der Waals surface area contributed by atoms with Crippen molar-refractivity contribution in [3.63, 3.8) is 0 Å². The maximum absolute atomic E-state index is 13.3. The number of carbonyl (C=O) groups excluding carboxylic acids is 2. The van der Waals surface area contributed by atoms with Crippen molar-refractivity contribution in [3.05, 3.63) is 90.0 Å². The van der Waals surface area contributed by atoms with E-state index in [4.69, 9.17) is 18.9 Å². The van der Waals surface area contributed by atoms with Crippen LogP contribution in [0, 0.1) is 0 Å². The number of sulfonamides is 1. The lowest BCUT2D eigenvalue weighted by atomic mass is 10.1. The van der Waals surface area contributed by atoms with Crippen LogP contribution >= 0.6 is 0 Å². The molecule has 1 amide bonds. The number of ether oxygens (including phenoxy) is 4. The Labute approximate surface area is 225 Å². The van der Waals surface area contributed by atoms with Crippen molar-refractivity contribution in [1.82, 2.24) is 4.31 Å². The molecule has 3 aromatic rings. The lowest BCUT2D eigenvalue weighted by Gasteiger charge is -2.26. The SMILES string of the molecule is O=C(/C=C/c1ccc2c(c1)OCO2)OC(C(=O)Nc1cccc(S(=O)(=O)N2CCOCC2)c1)c1ccccc1. The van der Waals surface area contributed by atoms with E-state index in [1.165, 1.54) is 22.5 Å². The Hall–Kier alpha value is -4.19. The van der Waals surface area contributed by atoms with E-state index >= 15 is 0 Å². The highest BCUT2D eigenvalue weighted by Crippen LogP contribution is 2.33. The number of anilines is 1. The van der Waals surface area contributed by atoms with Crippen molar-refractivity contribution in [1.29, 1.82) is 0 Å². The molecule has 5 rings (SSSR count). The highest BCUT2D eigenvalue weighted by atomic mass is 32.2. The standard InChI is InChI=1S/C28H26N2O8S/c31-26(12-10-20-9-11-24-25(17-20)37-19-36-24)38-27(21-5-2-1-3-6-21)28(32)29-22-7-4-8-23(18-22)39(33,34)30-13-15-35-16-14-30/h1-12,17-18,27H,13-16,19H2,(H,29,32)/b12-10+. The van der Waals surface area contributed by atoms with Crippen molar-refractivity contribution in [2.75, 3.05) is 38.4 Å². The molecule has 11 heteroatoms. The van der Waals surface area contributed by atoms with Gasteiger partial charge in [0, 0.05) is 30.4 Å². The van der Waals surface area contributed by atoms with Gasteiger partial charge >= 0.3 is 5.97 Å². The van der Waals surface area contributed by atoms with E-state index in [-0.39, 0.29) is 30.5 Å². The molecular formula is C28H26N2O8S. The zero-order chi connectivity index (χ0) is 27.2. The fourth-order valence-electron chi connectivity index (χ4n) is 4.12. The molecule has 0 spiro atoms. The molecule has 1 atom stereocenters. The molecule has 0 aromatic heterocycles. The van der Waals surface area contributed by atoms with Crippen LogP contribution in [0.25, 0.3) is 6.08 Å². The summed E-state index contributed by atoms with van der Waals surface area (Å²) < 4.78 is 48.9. The molecule has 0 aliphatic carbocycles. The number of hydrogen-bond acceptors (Lipinski definition) is 8. The van der Waals surface area contributed by atoms with Crippen LogP contribution in [0.3, 0.4) is 0 Å². The number of carbonyl (C=O) groups is 2. The largest absolute Gasteiger partial charge is 0.454 e. The number of esters is 1. The number of hydrogen-bond donors (Lipinski definition) is 1. The number of benzene rings is 3. The second-order valence-electron chi connectivity index (χ2n) is 8.71. The van der Waals surface area contributed by atoms with Gasteiger partial charge in [-0.3, -0.25) is 4.79 Å². The van der Waals surface area contributed by atoms with Crippen molar-refractivity contribution in [2.24, 2.45) is 0 Å². The normalized spacial score (nSPS) is 16.1. The van der Waals surface area contributed by atoms with Crippen LogP contribution in [-0.2, 0) is 29.1 Å². The molecule has 2 aliphatic heterocycles. The summed E-state index contributed by atoms with van der Waals surface area (Å²) >= 11 is 0. The second-order valence-corrected chi connectivity index (χ2v) is 10.6. The third kappa shape index (κ3) is 6.28. The number of nitrogens with one attached hydrogen (secondary N) is 1. The Balaban J connectivity index is 1.31. The first-order valence-corrected chi connectivity index (χ1v) is 13.7. The molecule has 10 nitrogen and oxygen atoms in total. The number of fused-ring (bicyclic) bond motifs is 1. The lowest BCUT2D eigenvalue weighted by molar-refractivity contribution is -0.149. The van der Waals surface area contributed by atoms with Crippen molar-refractivity contribution < 1.29 is 37.0 Å². The molecule has 0 saturated carbocycles. The van der Waals surface area contributed by atoms with Gasteiger partial charge in [-0.1, -0.05) is 42.5 Å². The lowest BCUT2D eigenvalue weighted by Crippen LogP contribution is -2.40. The molecule has 1 unspecified atom stereocenters. The number of amides is 1. The Morgan fingerprint density at radius 2 is 1.69 bits per heavy atom. The predicted molar refractivity (Wildman–Crippen MR) is 142 cm³/mol. The fraction of sp³-hybridized carbons (Fsp3) is 0.214. The van der Waals surface area contributed by atoms with Crippen LogP contribution < -0.4 is 14.8 Å².